The summed E-state index contributed by atoms with van der Waals surface area (Å²) in [6.07, 6.45) is 5.38. The largest absolute Gasteiger partial charge is 0.424 e. The van der Waals surface area contributed by atoms with Crippen LogP contribution < -0.4 is 4.52 Å². The molecule has 1 atom stereocenters. The molecule has 28 heavy (non-hydrogen) atoms. The molecule has 0 saturated carbocycles. The number of hydrogen-bond donors (Lipinski definition) is 0. The Hall–Kier alpha value is -1.57. The topological polar surface area (TPSA) is 35.5 Å². The van der Waals surface area contributed by atoms with Gasteiger partial charge in [0, 0.05) is 5.41 Å². The average Bonchev–Trinajstić information content (AvgIpc) is 2.71. The van der Waals surface area contributed by atoms with Gasteiger partial charge in [-0.1, -0.05) is 89.4 Å². The first-order valence-electron chi connectivity index (χ1n) is 10.5. The lowest BCUT2D eigenvalue weighted by atomic mass is 9.78. The van der Waals surface area contributed by atoms with Gasteiger partial charge < -0.3 is 4.52 Å². The zero-order valence-corrected chi connectivity index (χ0v) is 18.7. The first-order valence-corrected chi connectivity index (χ1v) is 12.2. The molecule has 3 nitrogen and oxygen atoms in total. The Morgan fingerprint density at radius 3 is 2.04 bits per heavy atom. The van der Waals surface area contributed by atoms with Crippen LogP contribution in [0.4, 0.5) is 0 Å². The van der Waals surface area contributed by atoms with E-state index in [4.69, 9.17) is 9.05 Å². The summed E-state index contributed by atoms with van der Waals surface area (Å²) in [6, 6.07) is 18.4. The van der Waals surface area contributed by atoms with Crippen LogP contribution >= 0.6 is 7.60 Å². The summed E-state index contributed by atoms with van der Waals surface area (Å²) in [4.78, 5) is 0. The third-order valence-corrected chi connectivity index (χ3v) is 7.07. The number of rotatable bonds is 12. The van der Waals surface area contributed by atoms with E-state index in [1.165, 1.54) is 11.1 Å². The molecule has 0 spiro atoms. The number of hydrogen-bond acceptors (Lipinski definition) is 3. The quantitative estimate of drug-likeness (QED) is 0.271. The fourth-order valence-corrected chi connectivity index (χ4v) is 4.99. The molecule has 1 unspecified atom stereocenters. The van der Waals surface area contributed by atoms with Crippen LogP contribution in [-0.4, -0.2) is 12.8 Å². The van der Waals surface area contributed by atoms with Crippen molar-refractivity contribution in [1.82, 2.24) is 0 Å². The molecular weight excluding hydrogens is 367 g/mol. The summed E-state index contributed by atoms with van der Waals surface area (Å²) < 4.78 is 24.8. The molecule has 0 heterocycles. The minimum absolute atomic E-state index is 0.109. The van der Waals surface area contributed by atoms with E-state index in [1.807, 2.05) is 18.2 Å². The van der Waals surface area contributed by atoms with E-state index >= 15 is 0 Å². The monoisotopic (exact) mass is 402 g/mol. The Morgan fingerprint density at radius 1 is 0.821 bits per heavy atom. The van der Waals surface area contributed by atoms with E-state index < -0.39 is 7.60 Å². The first-order chi connectivity index (χ1) is 13.4. The SMILES string of the molecule is CCCCCOP(=O)(CCCC)Oc1ccc(C(C)(C)c2ccccc2)cc1. The van der Waals surface area contributed by atoms with E-state index in [0.717, 1.165) is 32.1 Å². The summed E-state index contributed by atoms with van der Waals surface area (Å²) in [7, 11) is -3.11. The lowest BCUT2D eigenvalue weighted by molar-refractivity contribution is 0.258. The average molecular weight is 403 g/mol. The minimum Gasteiger partial charge on any atom is -0.424 e. The molecule has 0 bridgehead atoms. The molecule has 0 fully saturated rings. The van der Waals surface area contributed by atoms with E-state index in [1.54, 1.807) is 0 Å². The van der Waals surface area contributed by atoms with Crippen molar-refractivity contribution in [3.8, 4) is 5.75 Å². The smallest absolute Gasteiger partial charge is 0.379 e. The normalized spacial score (nSPS) is 13.9. The maximum atomic E-state index is 13.2. The summed E-state index contributed by atoms with van der Waals surface area (Å²) in [6.45, 7) is 9.14. The standard InChI is InChI=1S/C24H35O3P/c1-5-7-12-19-26-28(25,20-8-6-2)27-23-17-15-22(16-18-23)24(3,4)21-13-10-9-11-14-21/h9-11,13-18H,5-8,12,19-20H2,1-4H3. The van der Waals surface area contributed by atoms with Gasteiger partial charge in [0.25, 0.3) is 0 Å². The molecular formula is C24H35O3P. The molecule has 0 aliphatic heterocycles. The van der Waals surface area contributed by atoms with Gasteiger partial charge in [0.15, 0.2) is 0 Å². The molecule has 0 aliphatic rings. The molecule has 0 radical (unpaired) electrons. The van der Waals surface area contributed by atoms with Crippen molar-refractivity contribution in [2.24, 2.45) is 0 Å². The van der Waals surface area contributed by atoms with E-state index in [9.17, 15) is 4.57 Å². The van der Waals surface area contributed by atoms with Crippen molar-refractivity contribution in [1.29, 1.82) is 0 Å². The second kappa shape index (κ2) is 10.8. The zero-order chi connectivity index (χ0) is 20.5. The lowest BCUT2D eigenvalue weighted by Gasteiger charge is -2.26. The van der Waals surface area contributed by atoms with E-state index in [0.29, 0.717) is 18.5 Å². The van der Waals surface area contributed by atoms with Crippen LogP contribution in [0.2, 0.25) is 0 Å². The minimum atomic E-state index is -3.11. The number of unbranched alkanes of at least 4 members (excludes halogenated alkanes) is 3. The van der Waals surface area contributed by atoms with E-state index in [-0.39, 0.29) is 5.41 Å². The predicted octanol–water partition coefficient (Wildman–Crippen LogP) is 7.59. The van der Waals surface area contributed by atoms with Crippen molar-refractivity contribution in [2.45, 2.75) is 65.2 Å². The molecule has 0 N–H and O–H groups in total. The van der Waals surface area contributed by atoms with Crippen LogP contribution in [0.3, 0.4) is 0 Å². The molecule has 0 aromatic heterocycles. The van der Waals surface area contributed by atoms with Crippen molar-refractivity contribution < 1.29 is 13.6 Å². The van der Waals surface area contributed by atoms with Gasteiger partial charge in [-0.2, -0.15) is 0 Å². The van der Waals surface area contributed by atoms with Crippen molar-refractivity contribution >= 4 is 7.60 Å². The highest BCUT2D eigenvalue weighted by molar-refractivity contribution is 7.54. The summed E-state index contributed by atoms with van der Waals surface area (Å²) in [5.74, 6) is 0.613. The van der Waals surface area contributed by atoms with Gasteiger partial charge in [-0.15, -0.1) is 0 Å². The van der Waals surface area contributed by atoms with Crippen molar-refractivity contribution in [2.75, 3.05) is 12.8 Å². The second-order valence-corrected chi connectivity index (χ2v) is 9.94. The van der Waals surface area contributed by atoms with Gasteiger partial charge in [0.05, 0.1) is 12.8 Å². The molecule has 2 aromatic rings. The highest BCUT2D eigenvalue weighted by Gasteiger charge is 2.26. The zero-order valence-electron chi connectivity index (χ0n) is 17.8. The van der Waals surface area contributed by atoms with Crippen LogP contribution in [0.25, 0.3) is 0 Å². The first kappa shape index (κ1) is 22.7. The predicted molar refractivity (Wildman–Crippen MR) is 118 cm³/mol. The molecule has 0 aliphatic carbocycles. The van der Waals surface area contributed by atoms with Crippen LogP contribution in [-0.2, 0) is 14.5 Å². The Morgan fingerprint density at radius 2 is 1.43 bits per heavy atom. The fourth-order valence-electron chi connectivity index (χ4n) is 3.16. The highest BCUT2D eigenvalue weighted by Crippen LogP contribution is 2.49. The van der Waals surface area contributed by atoms with Gasteiger partial charge in [-0.05, 0) is 36.1 Å². The Bertz CT molecular complexity index is 738. The van der Waals surface area contributed by atoms with Crippen LogP contribution in [0.15, 0.2) is 54.6 Å². The summed E-state index contributed by atoms with van der Waals surface area (Å²) in [5, 5.41) is 0. The van der Waals surface area contributed by atoms with Crippen molar-refractivity contribution in [3.05, 3.63) is 65.7 Å². The Labute approximate surface area is 171 Å². The molecule has 2 aromatic carbocycles. The summed E-state index contributed by atoms with van der Waals surface area (Å²) in [5.41, 5.74) is 2.34. The van der Waals surface area contributed by atoms with Crippen LogP contribution in [0, 0.1) is 0 Å². The second-order valence-electron chi connectivity index (χ2n) is 7.84. The Kier molecular flexibility index (Phi) is 8.79. The van der Waals surface area contributed by atoms with E-state index in [2.05, 4.69) is 64.1 Å². The van der Waals surface area contributed by atoms with Crippen LogP contribution in [0.5, 0.6) is 5.75 Å². The molecule has 2 rings (SSSR count). The molecule has 0 amide bonds. The van der Waals surface area contributed by atoms with Gasteiger partial charge in [0.2, 0.25) is 0 Å². The maximum absolute atomic E-state index is 13.2. The molecule has 0 saturated heterocycles. The maximum Gasteiger partial charge on any atom is 0.379 e. The fraction of sp³-hybridized carbons (Fsp3) is 0.500. The van der Waals surface area contributed by atoms with Crippen LogP contribution in [0.1, 0.15) is 70.9 Å². The molecule has 4 heteroatoms. The Balaban J connectivity index is 2.10. The van der Waals surface area contributed by atoms with Crippen molar-refractivity contribution in [3.63, 3.8) is 0 Å². The molecule has 154 valence electrons. The van der Waals surface area contributed by atoms with Gasteiger partial charge in [-0.25, -0.2) is 4.57 Å². The summed E-state index contributed by atoms with van der Waals surface area (Å²) >= 11 is 0. The third kappa shape index (κ3) is 6.50. The van der Waals surface area contributed by atoms with Gasteiger partial charge >= 0.3 is 7.60 Å². The third-order valence-electron chi connectivity index (χ3n) is 5.14. The lowest BCUT2D eigenvalue weighted by Crippen LogP contribution is -2.18. The number of benzene rings is 2. The highest BCUT2D eigenvalue weighted by atomic mass is 31.2. The van der Waals surface area contributed by atoms with Gasteiger partial charge in [-0.3, -0.25) is 4.52 Å². The van der Waals surface area contributed by atoms with Gasteiger partial charge in [0.1, 0.15) is 5.75 Å².